The van der Waals surface area contributed by atoms with Crippen molar-refractivity contribution in [1.29, 1.82) is 0 Å². The van der Waals surface area contributed by atoms with Gasteiger partial charge >= 0.3 is 0 Å². The second kappa shape index (κ2) is 8.62. The van der Waals surface area contributed by atoms with Gasteiger partial charge in [0.25, 0.3) is 0 Å². The molecule has 1 rings (SSSR count). The van der Waals surface area contributed by atoms with Crippen LogP contribution in [-0.2, 0) is 9.47 Å². The van der Waals surface area contributed by atoms with Crippen LogP contribution in [0.2, 0.25) is 0 Å². The minimum absolute atomic E-state index is 0.0158. The number of methoxy groups -OCH3 is 2. The number of nitrogens with two attached hydrogens (primary N) is 1. The largest absolute Gasteiger partial charge is 0.383 e. The summed E-state index contributed by atoms with van der Waals surface area (Å²) in [4.78, 5) is 2.29. The maximum absolute atomic E-state index is 6.10. The van der Waals surface area contributed by atoms with E-state index in [-0.39, 0.29) is 12.1 Å². The van der Waals surface area contributed by atoms with Gasteiger partial charge < -0.3 is 20.1 Å². The molecule has 1 aromatic rings. The second-order valence-electron chi connectivity index (χ2n) is 4.98. The number of nitrogens with zero attached hydrogens (tertiary/aromatic N) is 1. The summed E-state index contributed by atoms with van der Waals surface area (Å²) in [5.41, 5.74) is 8.37. The first-order valence-electron chi connectivity index (χ1n) is 6.80. The van der Waals surface area contributed by atoms with Gasteiger partial charge in [0.2, 0.25) is 0 Å². The molecule has 0 heterocycles. The summed E-state index contributed by atoms with van der Waals surface area (Å²) in [6, 6.07) is 6.45. The minimum atomic E-state index is -0.0158. The summed E-state index contributed by atoms with van der Waals surface area (Å²) < 4.78 is 11.6. The number of benzene rings is 1. The zero-order valence-corrected chi connectivity index (χ0v) is 14.3. The fraction of sp³-hybridized carbons (Fsp3) is 0.600. The molecule has 0 aromatic heterocycles. The Labute approximate surface area is 130 Å². The van der Waals surface area contributed by atoms with Gasteiger partial charge in [0.05, 0.1) is 13.2 Å². The molecule has 4 nitrogen and oxygen atoms in total. The first-order valence-corrected chi connectivity index (χ1v) is 7.60. The second-order valence-corrected chi connectivity index (χ2v) is 5.90. The molecule has 0 saturated heterocycles. The van der Waals surface area contributed by atoms with Crippen LogP contribution >= 0.6 is 15.9 Å². The Morgan fingerprint density at radius 3 is 2.50 bits per heavy atom. The van der Waals surface area contributed by atoms with Gasteiger partial charge in [-0.15, -0.1) is 0 Å². The third-order valence-electron chi connectivity index (χ3n) is 3.27. The van der Waals surface area contributed by atoms with Gasteiger partial charge in [-0.2, -0.15) is 0 Å². The minimum Gasteiger partial charge on any atom is -0.383 e. The van der Waals surface area contributed by atoms with Gasteiger partial charge in [-0.1, -0.05) is 22.0 Å². The molecule has 0 aliphatic heterocycles. The van der Waals surface area contributed by atoms with Crippen LogP contribution < -0.4 is 10.6 Å². The van der Waals surface area contributed by atoms with E-state index in [1.807, 2.05) is 13.0 Å². The molecule has 0 radical (unpaired) electrons. The summed E-state index contributed by atoms with van der Waals surface area (Å²) in [6.45, 7) is 6.28. The molecular weight excluding hydrogens is 320 g/mol. The van der Waals surface area contributed by atoms with E-state index in [2.05, 4.69) is 39.9 Å². The van der Waals surface area contributed by atoms with Crippen LogP contribution in [0, 0.1) is 0 Å². The number of halogens is 1. The summed E-state index contributed by atoms with van der Waals surface area (Å²) in [5, 5.41) is 0. The highest BCUT2D eigenvalue weighted by molar-refractivity contribution is 9.10. The van der Waals surface area contributed by atoms with Crippen molar-refractivity contribution in [1.82, 2.24) is 0 Å². The van der Waals surface area contributed by atoms with Gasteiger partial charge in [0.15, 0.2) is 0 Å². The maximum Gasteiger partial charge on any atom is 0.0663 e. The van der Waals surface area contributed by atoms with E-state index in [1.165, 1.54) is 0 Å². The molecule has 0 bridgehead atoms. The van der Waals surface area contributed by atoms with Gasteiger partial charge in [-0.05, 0) is 31.5 Å². The molecule has 114 valence electrons. The number of hydrogen-bond donors (Lipinski definition) is 1. The summed E-state index contributed by atoms with van der Waals surface area (Å²) in [7, 11) is 3.44. The molecule has 2 atom stereocenters. The van der Waals surface area contributed by atoms with E-state index in [0.29, 0.717) is 13.2 Å². The lowest BCUT2D eigenvalue weighted by atomic mass is 10.0. The molecule has 20 heavy (non-hydrogen) atoms. The zero-order chi connectivity index (χ0) is 15.1. The molecule has 0 aliphatic rings. The van der Waals surface area contributed by atoms with Crippen LogP contribution in [0.4, 0.5) is 5.69 Å². The summed E-state index contributed by atoms with van der Waals surface area (Å²) in [6.07, 6.45) is 0. The molecule has 0 aliphatic carbocycles. The van der Waals surface area contributed by atoms with E-state index in [1.54, 1.807) is 14.2 Å². The smallest absolute Gasteiger partial charge is 0.0663 e. The Bertz CT molecular complexity index is 413. The number of rotatable bonds is 8. The zero-order valence-electron chi connectivity index (χ0n) is 12.7. The van der Waals surface area contributed by atoms with Crippen molar-refractivity contribution in [3.63, 3.8) is 0 Å². The fourth-order valence-corrected chi connectivity index (χ4v) is 2.60. The van der Waals surface area contributed by atoms with Gasteiger partial charge in [-0.25, -0.2) is 0 Å². The van der Waals surface area contributed by atoms with Crippen molar-refractivity contribution < 1.29 is 9.47 Å². The molecule has 5 heteroatoms. The average Bonchev–Trinajstić information content (AvgIpc) is 2.39. The molecule has 0 spiro atoms. The fourth-order valence-electron chi connectivity index (χ4n) is 2.25. The lowest BCUT2D eigenvalue weighted by Crippen LogP contribution is -2.39. The first kappa shape index (κ1) is 17.4. The Morgan fingerprint density at radius 1 is 1.25 bits per heavy atom. The van der Waals surface area contributed by atoms with Crippen molar-refractivity contribution in [2.24, 2.45) is 5.73 Å². The van der Waals surface area contributed by atoms with Crippen LogP contribution in [0.5, 0.6) is 0 Å². The van der Waals surface area contributed by atoms with Crippen LogP contribution in [0.1, 0.15) is 25.5 Å². The molecule has 0 amide bonds. The van der Waals surface area contributed by atoms with Crippen LogP contribution in [0.15, 0.2) is 22.7 Å². The van der Waals surface area contributed by atoms with E-state index < -0.39 is 0 Å². The summed E-state index contributed by atoms with van der Waals surface area (Å²) >= 11 is 3.54. The van der Waals surface area contributed by atoms with E-state index >= 15 is 0 Å². The van der Waals surface area contributed by atoms with Crippen LogP contribution in [-0.4, -0.2) is 40.0 Å². The predicted octanol–water partition coefficient (Wildman–Crippen LogP) is 2.96. The molecule has 0 fully saturated rings. The Hall–Kier alpha value is -0.620. The number of ether oxygens (including phenoxy) is 2. The Morgan fingerprint density at radius 2 is 1.95 bits per heavy atom. The average molecular weight is 345 g/mol. The van der Waals surface area contributed by atoms with Crippen molar-refractivity contribution >= 4 is 21.6 Å². The lowest BCUT2D eigenvalue weighted by Gasteiger charge is -2.33. The highest BCUT2D eigenvalue weighted by Crippen LogP contribution is 2.30. The normalized spacial score (nSPS) is 14.1. The van der Waals surface area contributed by atoms with Crippen molar-refractivity contribution in [2.45, 2.75) is 25.9 Å². The highest BCUT2D eigenvalue weighted by Gasteiger charge is 2.19. The maximum atomic E-state index is 6.10. The van der Waals surface area contributed by atoms with Crippen molar-refractivity contribution in [3.05, 3.63) is 28.2 Å². The third kappa shape index (κ3) is 4.74. The summed E-state index contributed by atoms with van der Waals surface area (Å²) in [5.74, 6) is 0. The van der Waals surface area contributed by atoms with E-state index in [0.717, 1.165) is 22.3 Å². The van der Waals surface area contributed by atoms with E-state index in [4.69, 9.17) is 15.2 Å². The molecule has 2 unspecified atom stereocenters. The molecular formula is C15H25BrN2O2. The van der Waals surface area contributed by atoms with Gasteiger partial charge in [-0.3, -0.25) is 0 Å². The third-order valence-corrected chi connectivity index (χ3v) is 3.76. The monoisotopic (exact) mass is 344 g/mol. The Kier molecular flexibility index (Phi) is 7.51. The topological polar surface area (TPSA) is 47.7 Å². The van der Waals surface area contributed by atoms with Gasteiger partial charge in [0, 0.05) is 43.0 Å². The van der Waals surface area contributed by atoms with Crippen molar-refractivity contribution in [2.75, 3.05) is 38.9 Å². The Balaban J connectivity index is 3.13. The number of hydrogen-bond acceptors (Lipinski definition) is 4. The highest BCUT2D eigenvalue weighted by atomic mass is 79.9. The standard InChI is InChI=1S/C15H25BrN2O2/c1-11(10-20-4)18(7-8-19-3)15-9-13(16)5-6-14(15)12(2)17/h5-6,9,11-12H,7-8,10,17H2,1-4H3. The van der Waals surface area contributed by atoms with Crippen LogP contribution in [0.3, 0.4) is 0 Å². The predicted molar refractivity (Wildman–Crippen MR) is 87.3 cm³/mol. The van der Waals surface area contributed by atoms with Gasteiger partial charge in [0.1, 0.15) is 0 Å². The quantitative estimate of drug-likeness (QED) is 0.787. The molecule has 0 saturated carbocycles. The first-order chi connectivity index (χ1) is 9.51. The molecule has 2 N–H and O–H groups in total. The number of anilines is 1. The molecule has 1 aromatic carbocycles. The van der Waals surface area contributed by atoms with Crippen LogP contribution in [0.25, 0.3) is 0 Å². The van der Waals surface area contributed by atoms with E-state index in [9.17, 15) is 0 Å². The van der Waals surface area contributed by atoms with Crippen molar-refractivity contribution in [3.8, 4) is 0 Å². The lowest BCUT2D eigenvalue weighted by molar-refractivity contribution is 0.171. The SMILES string of the molecule is COCCN(c1cc(Br)ccc1C(C)N)C(C)COC.